The van der Waals surface area contributed by atoms with E-state index in [1.54, 1.807) is 6.20 Å². The van der Waals surface area contributed by atoms with Gasteiger partial charge in [-0.2, -0.15) is 10.1 Å². The summed E-state index contributed by atoms with van der Waals surface area (Å²) >= 11 is 0. The molecule has 1 atom stereocenters. The highest BCUT2D eigenvalue weighted by Crippen LogP contribution is 2.32. The van der Waals surface area contributed by atoms with Crippen molar-refractivity contribution in [3.05, 3.63) is 30.1 Å². The Bertz CT molecular complexity index is 1100. The van der Waals surface area contributed by atoms with Crippen molar-refractivity contribution >= 4 is 34.6 Å². The summed E-state index contributed by atoms with van der Waals surface area (Å²) in [5.41, 5.74) is 2.43. The van der Waals surface area contributed by atoms with Crippen LogP contribution in [0.2, 0.25) is 0 Å². The Morgan fingerprint density at radius 3 is 2.88 bits per heavy atom. The lowest BCUT2D eigenvalue weighted by Gasteiger charge is -2.31. The van der Waals surface area contributed by atoms with Crippen LogP contribution >= 0.6 is 0 Å². The number of pyridine rings is 1. The molecule has 0 amide bonds. The number of nitrogens with one attached hydrogen (secondary N) is 1. The number of fused-ring (bicyclic) bond motifs is 1. The van der Waals surface area contributed by atoms with Crippen LogP contribution in [-0.2, 0) is 16.1 Å². The maximum absolute atomic E-state index is 11.6. The molecule has 0 unspecified atom stereocenters. The predicted octanol–water partition coefficient (Wildman–Crippen LogP) is 3.43. The predicted molar refractivity (Wildman–Crippen MR) is 126 cm³/mol. The van der Waals surface area contributed by atoms with Gasteiger partial charge >= 0.3 is 5.97 Å². The van der Waals surface area contributed by atoms with Crippen molar-refractivity contribution < 1.29 is 14.6 Å². The lowest BCUT2D eigenvalue weighted by molar-refractivity contribution is -0.141. The van der Waals surface area contributed by atoms with E-state index < -0.39 is 11.9 Å². The molecule has 3 aromatic rings. The Balaban J connectivity index is 1.82. The first-order valence-corrected chi connectivity index (χ1v) is 11.5. The van der Waals surface area contributed by atoms with E-state index in [1.807, 2.05) is 34.7 Å². The van der Waals surface area contributed by atoms with Crippen LogP contribution in [0.25, 0.3) is 11.0 Å². The van der Waals surface area contributed by atoms with E-state index in [2.05, 4.69) is 24.1 Å². The number of hydrogen-bond donors (Lipinski definition) is 2. The molecule has 1 aliphatic heterocycles. The summed E-state index contributed by atoms with van der Waals surface area (Å²) in [6.45, 7) is 8.98. The van der Waals surface area contributed by atoms with E-state index in [0.717, 1.165) is 23.1 Å². The average molecular weight is 454 g/mol. The maximum Gasteiger partial charge on any atom is 0.308 e. The Kier molecular flexibility index (Phi) is 7.02. The molecule has 0 aromatic carbocycles. The first-order chi connectivity index (χ1) is 16.0. The molecule has 1 saturated heterocycles. The SMILES string of the molecule is CCOCCn1nc(C(C)C)c2nc(N3CCC[C@@H](C(=O)O)C3)nc(Nc3ccccn3)c21. The third-order valence-corrected chi connectivity index (χ3v) is 5.76. The van der Waals surface area contributed by atoms with Crippen LogP contribution < -0.4 is 10.2 Å². The number of rotatable bonds is 9. The lowest BCUT2D eigenvalue weighted by atomic mass is 9.99. The van der Waals surface area contributed by atoms with Crippen molar-refractivity contribution in [2.24, 2.45) is 5.92 Å². The number of aromatic nitrogens is 5. The number of ether oxygens (including phenoxy) is 1. The average Bonchev–Trinajstić information content (AvgIpc) is 3.19. The zero-order chi connectivity index (χ0) is 23.4. The third kappa shape index (κ3) is 5.05. The fourth-order valence-corrected chi connectivity index (χ4v) is 4.09. The van der Waals surface area contributed by atoms with Gasteiger partial charge in [-0.1, -0.05) is 19.9 Å². The molecule has 0 radical (unpaired) electrons. The summed E-state index contributed by atoms with van der Waals surface area (Å²) in [6.07, 6.45) is 3.17. The van der Waals surface area contributed by atoms with E-state index in [4.69, 9.17) is 19.8 Å². The highest BCUT2D eigenvalue weighted by molar-refractivity contribution is 5.90. The van der Waals surface area contributed by atoms with Gasteiger partial charge in [-0.3, -0.25) is 9.48 Å². The Morgan fingerprint density at radius 2 is 2.18 bits per heavy atom. The topological polar surface area (TPSA) is 118 Å². The Hall–Kier alpha value is -3.27. The number of carboxylic acid groups (broad SMARTS) is 1. The summed E-state index contributed by atoms with van der Waals surface area (Å²) in [7, 11) is 0. The molecule has 2 N–H and O–H groups in total. The monoisotopic (exact) mass is 453 g/mol. The van der Waals surface area contributed by atoms with Crippen LogP contribution in [0, 0.1) is 5.92 Å². The molecular weight excluding hydrogens is 422 g/mol. The van der Waals surface area contributed by atoms with Crippen LogP contribution in [0.5, 0.6) is 0 Å². The minimum atomic E-state index is -0.778. The van der Waals surface area contributed by atoms with E-state index >= 15 is 0 Å². The van der Waals surface area contributed by atoms with Gasteiger partial charge in [0.25, 0.3) is 0 Å². The van der Waals surface area contributed by atoms with Gasteiger partial charge in [-0.25, -0.2) is 9.97 Å². The van der Waals surface area contributed by atoms with E-state index in [-0.39, 0.29) is 5.92 Å². The summed E-state index contributed by atoms with van der Waals surface area (Å²) in [6, 6.07) is 5.64. The first kappa shape index (κ1) is 22.9. The van der Waals surface area contributed by atoms with Crippen LogP contribution in [0.3, 0.4) is 0 Å². The molecule has 4 heterocycles. The molecule has 10 nitrogen and oxygen atoms in total. The standard InChI is InChI=1S/C23H31N7O3/c1-4-33-13-12-30-20-19(18(28-30)15(2)3)26-23(29-11-7-8-16(14-29)22(31)32)27-21(20)25-17-9-5-6-10-24-17/h5-6,9-10,15-16H,4,7-8,11-14H2,1-3H3,(H,31,32)(H,24,25,26,27)/t16-/m1/s1. The maximum atomic E-state index is 11.6. The highest BCUT2D eigenvalue weighted by Gasteiger charge is 2.29. The second-order valence-corrected chi connectivity index (χ2v) is 8.49. The molecular formula is C23H31N7O3. The molecule has 0 aliphatic carbocycles. The summed E-state index contributed by atoms with van der Waals surface area (Å²) < 4.78 is 7.46. The fourth-order valence-electron chi connectivity index (χ4n) is 4.09. The zero-order valence-electron chi connectivity index (χ0n) is 19.4. The van der Waals surface area contributed by atoms with Crippen LogP contribution in [0.4, 0.5) is 17.6 Å². The molecule has 33 heavy (non-hydrogen) atoms. The first-order valence-electron chi connectivity index (χ1n) is 11.5. The van der Waals surface area contributed by atoms with Crippen molar-refractivity contribution in [1.82, 2.24) is 24.7 Å². The number of aliphatic carboxylic acids is 1. The van der Waals surface area contributed by atoms with Crippen LogP contribution in [-0.4, -0.2) is 62.1 Å². The summed E-state index contributed by atoms with van der Waals surface area (Å²) in [5, 5.41) is 17.7. The quantitative estimate of drug-likeness (QED) is 0.470. The second kappa shape index (κ2) is 10.1. The highest BCUT2D eigenvalue weighted by atomic mass is 16.5. The van der Waals surface area contributed by atoms with Gasteiger partial charge in [0.1, 0.15) is 16.9 Å². The zero-order valence-corrected chi connectivity index (χ0v) is 19.4. The van der Waals surface area contributed by atoms with Gasteiger partial charge < -0.3 is 20.1 Å². The molecule has 10 heteroatoms. The second-order valence-electron chi connectivity index (χ2n) is 8.49. The third-order valence-electron chi connectivity index (χ3n) is 5.76. The molecule has 4 rings (SSSR count). The Labute approximate surface area is 193 Å². The summed E-state index contributed by atoms with van der Waals surface area (Å²) in [4.78, 5) is 27.7. The van der Waals surface area contributed by atoms with Crippen LogP contribution in [0.15, 0.2) is 24.4 Å². The van der Waals surface area contributed by atoms with Gasteiger partial charge in [-0.15, -0.1) is 0 Å². The number of carboxylic acids is 1. The lowest BCUT2D eigenvalue weighted by Crippen LogP contribution is -2.39. The fraction of sp³-hybridized carbons (Fsp3) is 0.522. The number of piperidine rings is 1. The van der Waals surface area contributed by atoms with Crippen molar-refractivity contribution in [2.45, 2.75) is 46.1 Å². The van der Waals surface area contributed by atoms with E-state index in [9.17, 15) is 9.90 Å². The largest absolute Gasteiger partial charge is 0.481 e. The van der Waals surface area contributed by atoms with Crippen LogP contribution in [0.1, 0.15) is 45.2 Å². The number of carbonyl (C=O) groups is 1. The van der Waals surface area contributed by atoms with Gasteiger partial charge in [0.05, 0.1) is 24.8 Å². The van der Waals surface area contributed by atoms with Crippen molar-refractivity contribution in [3.8, 4) is 0 Å². The minimum Gasteiger partial charge on any atom is -0.481 e. The molecule has 176 valence electrons. The van der Waals surface area contributed by atoms with E-state index in [0.29, 0.717) is 56.9 Å². The number of nitrogens with zero attached hydrogens (tertiary/aromatic N) is 6. The number of anilines is 3. The summed E-state index contributed by atoms with van der Waals surface area (Å²) in [5.74, 6) is 0.719. The smallest absolute Gasteiger partial charge is 0.308 e. The normalized spacial score (nSPS) is 16.5. The van der Waals surface area contributed by atoms with Crippen molar-refractivity contribution in [3.63, 3.8) is 0 Å². The minimum absolute atomic E-state index is 0.152. The Morgan fingerprint density at radius 1 is 1.33 bits per heavy atom. The van der Waals surface area contributed by atoms with Crippen molar-refractivity contribution in [2.75, 3.05) is 36.5 Å². The van der Waals surface area contributed by atoms with Gasteiger partial charge in [0.2, 0.25) is 5.95 Å². The molecule has 1 fully saturated rings. The molecule has 0 saturated carbocycles. The molecule has 3 aromatic heterocycles. The van der Waals surface area contributed by atoms with Gasteiger partial charge in [0.15, 0.2) is 5.82 Å². The molecule has 0 spiro atoms. The molecule has 0 bridgehead atoms. The van der Waals surface area contributed by atoms with Crippen molar-refractivity contribution in [1.29, 1.82) is 0 Å². The van der Waals surface area contributed by atoms with E-state index in [1.165, 1.54) is 0 Å². The number of hydrogen-bond acceptors (Lipinski definition) is 8. The molecule has 1 aliphatic rings. The van der Waals surface area contributed by atoms with Gasteiger partial charge in [0, 0.05) is 25.9 Å². The van der Waals surface area contributed by atoms with Gasteiger partial charge in [-0.05, 0) is 37.8 Å².